The van der Waals surface area contributed by atoms with E-state index in [2.05, 4.69) is 31.0 Å². The maximum Gasteiger partial charge on any atom is 0.321 e. The number of rotatable bonds is 4. The van der Waals surface area contributed by atoms with Gasteiger partial charge in [0.25, 0.3) is 0 Å². The first-order chi connectivity index (χ1) is 10.1. The molecule has 1 saturated heterocycles. The number of aryl methyl sites for hydroxylation is 2. The number of hydrogen-bond acceptors (Lipinski definition) is 2. The first-order valence-electron chi connectivity index (χ1n) is 7.95. The zero-order valence-corrected chi connectivity index (χ0v) is 13.5. The molecule has 1 aromatic rings. The zero-order valence-electron chi connectivity index (χ0n) is 13.5. The van der Waals surface area contributed by atoms with E-state index in [0.29, 0.717) is 0 Å². The number of carbonyl (C=O) groups is 1. The van der Waals surface area contributed by atoms with Gasteiger partial charge in [-0.3, -0.25) is 4.90 Å². The minimum absolute atomic E-state index is 0.0217. The predicted octanol–water partition coefficient (Wildman–Crippen LogP) is 3.25. The summed E-state index contributed by atoms with van der Waals surface area (Å²) >= 11 is 0. The fourth-order valence-electron chi connectivity index (χ4n) is 2.58. The van der Waals surface area contributed by atoms with Crippen LogP contribution in [0.5, 0.6) is 0 Å². The Morgan fingerprint density at radius 3 is 2.48 bits per heavy atom. The Hall–Kier alpha value is -1.55. The minimum Gasteiger partial charge on any atom is -0.322 e. The van der Waals surface area contributed by atoms with Gasteiger partial charge < -0.3 is 10.2 Å². The number of nitrogens with zero attached hydrogens (tertiary/aromatic N) is 2. The molecule has 1 N–H and O–H groups in total. The van der Waals surface area contributed by atoms with Crippen molar-refractivity contribution < 1.29 is 4.79 Å². The Labute approximate surface area is 128 Å². The van der Waals surface area contributed by atoms with Gasteiger partial charge in [-0.2, -0.15) is 0 Å². The second-order valence-corrected chi connectivity index (χ2v) is 5.91. The van der Waals surface area contributed by atoms with Crippen molar-refractivity contribution in [3.05, 3.63) is 29.3 Å². The lowest BCUT2D eigenvalue weighted by atomic mass is 10.1. The van der Waals surface area contributed by atoms with Crippen molar-refractivity contribution >= 4 is 11.7 Å². The first-order valence-corrected chi connectivity index (χ1v) is 7.95. The summed E-state index contributed by atoms with van der Waals surface area (Å²) in [6, 6.07) is 6.07. The number of anilines is 1. The average Bonchev–Trinajstić information content (AvgIpc) is 2.49. The van der Waals surface area contributed by atoms with Crippen LogP contribution >= 0.6 is 0 Å². The van der Waals surface area contributed by atoms with Crippen molar-refractivity contribution in [3.8, 4) is 0 Å². The summed E-state index contributed by atoms with van der Waals surface area (Å²) in [5.74, 6) is 0. The van der Waals surface area contributed by atoms with Gasteiger partial charge in [-0.15, -0.1) is 0 Å². The molecule has 0 unspecified atom stereocenters. The molecule has 116 valence electrons. The number of urea groups is 1. The van der Waals surface area contributed by atoms with Crippen LogP contribution in [-0.2, 0) is 0 Å². The molecule has 0 atom stereocenters. The normalized spacial score (nSPS) is 16.0. The van der Waals surface area contributed by atoms with Crippen molar-refractivity contribution in [2.24, 2.45) is 0 Å². The fraction of sp³-hybridized carbons (Fsp3) is 0.588. The van der Waals surface area contributed by atoms with Crippen molar-refractivity contribution in [3.63, 3.8) is 0 Å². The van der Waals surface area contributed by atoms with Crippen molar-refractivity contribution in [2.75, 3.05) is 38.0 Å². The molecule has 0 aliphatic carbocycles. The molecule has 1 heterocycles. The second-order valence-electron chi connectivity index (χ2n) is 5.91. The molecular formula is C17H27N3O. The Kier molecular flexibility index (Phi) is 5.62. The molecule has 4 nitrogen and oxygen atoms in total. The van der Waals surface area contributed by atoms with Crippen LogP contribution in [0.25, 0.3) is 0 Å². The minimum atomic E-state index is 0.0217. The van der Waals surface area contributed by atoms with E-state index in [1.165, 1.54) is 24.0 Å². The molecule has 4 heteroatoms. The Bertz CT molecular complexity index is 479. The van der Waals surface area contributed by atoms with Gasteiger partial charge in [0.1, 0.15) is 0 Å². The van der Waals surface area contributed by atoms with Gasteiger partial charge in [-0.1, -0.05) is 19.4 Å². The maximum absolute atomic E-state index is 12.3. The molecule has 0 bridgehead atoms. The molecule has 1 aliphatic rings. The second kappa shape index (κ2) is 7.46. The molecule has 2 amide bonds. The number of piperazine rings is 1. The first kappa shape index (κ1) is 15.8. The van der Waals surface area contributed by atoms with Gasteiger partial charge in [0, 0.05) is 31.9 Å². The Morgan fingerprint density at radius 2 is 1.86 bits per heavy atom. The smallest absolute Gasteiger partial charge is 0.321 e. The van der Waals surface area contributed by atoms with Crippen LogP contribution in [0.4, 0.5) is 10.5 Å². The van der Waals surface area contributed by atoms with Gasteiger partial charge in [-0.05, 0) is 50.1 Å². The van der Waals surface area contributed by atoms with E-state index >= 15 is 0 Å². The summed E-state index contributed by atoms with van der Waals surface area (Å²) in [5.41, 5.74) is 3.34. The van der Waals surface area contributed by atoms with E-state index in [1.54, 1.807) is 0 Å². The summed E-state index contributed by atoms with van der Waals surface area (Å²) in [4.78, 5) is 16.6. The van der Waals surface area contributed by atoms with Gasteiger partial charge >= 0.3 is 6.03 Å². The van der Waals surface area contributed by atoms with Crippen LogP contribution < -0.4 is 5.32 Å². The lowest BCUT2D eigenvalue weighted by molar-refractivity contribution is 0.146. The van der Waals surface area contributed by atoms with Crippen molar-refractivity contribution in [1.82, 2.24) is 9.80 Å². The van der Waals surface area contributed by atoms with Crippen molar-refractivity contribution in [1.29, 1.82) is 0 Å². The van der Waals surface area contributed by atoms with E-state index < -0.39 is 0 Å². The topological polar surface area (TPSA) is 35.6 Å². The number of carbonyl (C=O) groups excluding carboxylic acids is 1. The Balaban J connectivity index is 1.83. The summed E-state index contributed by atoms with van der Waals surface area (Å²) in [6.45, 7) is 11.1. The molecule has 21 heavy (non-hydrogen) atoms. The molecule has 0 aromatic heterocycles. The SMILES string of the molecule is CCCCN1CCN(C(=O)Nc2ccc(C)c(C)c2)CC1. The molecule has 0 radical (unpaired) electrons. The Morgan fingerprint density at radius 1 is 1.14 bits per heavy atom. The standard InChI is InChI=1S/C17H27N3O/c1-4-5-8-19-9-11-20(12-10-19)17(21)18-16-7-6-14(2)15(3)13-16/h6-7,13H,4-5,8-12H2,1-3H3,(H,18,21). The summed E-state index contributed by atoms with van der Waals surface area (Å²) in [6.07, 6.45) is 2.47. The van der Waals surface area contributed by atoms with Crippen LogP contribution in [0.15, 0.2) is 18.2 Å². The van der Waals surface area contributed by atoms with E-state index in [9.17, 15) is 4.79 Å². The van der Waals surface area contributed by atoms with E-state index in [4.69, 9.17) is 0 Å². The molecule has 0 saturated carbocycles. The molecule has 2 rings (SSSR count). The quantitative estimate of drug-likeness (QED) is 0.923. The van der Waals surface area contributed by atoms with E-state index in [1.807, 2.05) is 23.1 Å². The third-order valence-electron chi connectivity index (χ3n) is 4.25. The van der Waals surface area contributed by atoms with Crippen LogP contribution in [0, 0.1) is 13.8 Å². The summed E-state index contributed by atoms with van der Waals surface area (Å²) < 4.78 is 0. The van der Waals surface area contributed by atoms with Gasteiger partial charge in [-0.25, -0.2) is 4.79 Å². The molecule has 1 aromatic carbocycles. The largest absolute Gasteiger partial charge is 0.322 e. The highest BCUT2D eigenvalue weighted by Gasteiger charge is 2.20. The van der Waals surface area contributed by atoms with Crippen LogP contribution in [0.1, 0.15) is 30.9 Å². The highest BCUT2D eigenvalue weighted by atomic mass is 16.2. The van der Waals surface area contributed by atoms with Gasteiger partial charge in [0.05, 0.1) is 0 Å². The summed E-state index contributed by atoms with van der Waals surface area (Å²) in [5, 5.41) is 3.01. The fourth-order valence-corrected chi connectivity index (χ4v) is 2.58. The highest BCUT2D eigenvalue weighted by molar-refractivity contribution is 5.89. The third kappa shape index (κ3) is 4.46. The highest BCUT2D eigenvalue weighted by Crippen LogP contribution is 2.15. The lowest BCUT2D eigenvalue weighted by Gasteiger charge is -2.34. The summed E-state index contributed by atoms with van der Waals surface area (Å²) in [7, 11) is 0. The maximum atomic E-state index is 12.3. The van der Waals surface area contributed by atoms with E-state index in [-0.39, 0.29) is 6.03 Å². The number of amides is 2. The van der Waals surface area contributed by atoms with Crippen LogP contribution in [-0.4, -0.2) is 48.6 Å². The van der Waals surface area contributed by atoms with Crippen LogP contribution in [0.2, 0.25) is 0 Å². The molecule has 1 fully saturated rings. The van der Waals surface area contributed by atoms with E-state index in [0.717, 1.165) is 38.4 Å². The number of unbranched alkanes of at least 4 members (excludes halogenated alkanes) is 1. The van der Waals surface area contributed by atoms with Crippen molar-refractivity contribution in [2.45, 2.75) is 33.6 Å². The number of nitrogens with one attached hydrogen (secondary N) is 1. The van der Waals surface area contributed by atoms with Gasteiger partial charge in [0.2, 0.25) is 0 Å². The zero-order chi connectivity index (χ0) is 15.2. The lowest BCUT2D eigenvalue weighted by Crippen LogP contribution is -2.50. The predicted molar refractivity (Wildman–Crippen MR) is 87.9 cm³/mol. The van der Waals surface area contributed by atoms with Crippen LogP contribution in [0.3, 0.4) is 0 Å². The number of hydrogen-bond donors (Lipinski definition) is 1. The molecule has 1 aliphatic heterocycles. The average molecular weight is 289 g/mol. The monoisotopic (exact) mass is 289 g/mol. The molecular weight excluding hydrogens is 262 g/mol. The third-order valence-corrected chi connectivity index (χ3v) is 4.25. The molecule has 0 spiro atoms. The van der Waals surface area contributed by atoms with Gasteiger partial charge in [0.15, 0.2) is 0 Å². The number of benzene rings is 1.